The number of pyridine rings is 1. The van der Waals surface area contributed by atoms with E-state index in [9.17, 15) is 18.0 Å². The number of rotatable bonds is 27. The maximum atomic E-state index is 12.7. The zero-order valence-corrected chi connectivity index (χ0v) is 29.9. The van der Waals surface area contributed by atoms with Crippen molar-refractivity contribution in [3.63, 3.8) is 0 Å². The van der Waals surface area contributed by atoms with Crippen LogP contribution in [0.4, 0.5) is 9.59 Å². The fourth-order valence-corrected chi connectivity index (χ4v) is 6.75. The number of nitrogens with one attached hydrogen (secondary N) is 4. The number of ether oxygens (including phenoxy) is 1. The summed E-state index contributed by atoms with van der Waals surface area (Å²) in [7, 11) is -2.15. The van der Waals surface area contributed by atoms with Gasteiger partial charge in [-0.15, -0.1) is 0 Å². The highest BCUT2D eigenvalue weighted by molar-refractivity contribution is 7.89. The van der Waals surface area contributed by atoms with Crippen LogP contribution in [-0.2, 0) is 21.3 Å². The van der Waals surface area contributed by atoms with E-state index >= 15 is 0 Å². The summed E-state index contributed by atoms with van der Waals surface area (Å²) in [5.41, 5.74) is 1.04. The molecule has 2 rings (SSSR count). The molecule has 47 heavy (non-hydrogen) atoms. The number of hydrogen-bond donors (Lipinski definition) is 4. The molecule has 0 saturated carbocycles. The maximum absolute atomic E-state index is 12.7. The van der Waals surface area contributed by atoms with Gasteiger partial charge in [0.2, 0.25) is 15.5 Å². The molecule has 3 amide bonds. The van der Waals surface area contributed by atoms with Crippen LogP contribution >= 0.6 is 0 Å². The predicted octanol–water partition coefficient (Wildman–Crippen LogP) is 6.72. The van der Waals surface area contributed by atoms with Gasteiger partial charge in [0.15, 0.2) is 6.20 Å². The monoisotopic (exact) mass is 676 g/mol. The lowest BCUT2D eigenvalue weighted by molar-refractivity contribution is -0.671. The van der Waals surface area contributed by atoms with Crippen LogP contribution in [-0.4, -0.2) is 59.1 Å². The first-order valence-corrected chi connectivity index (χ1v) is 19.7. The standard InChI is InChI=1S/C36H61N5O5S/c1-3-4-5-6-7-8-9-10-11-12-13-14-15-16-17-20-26-38-36(43)46-31-33(40-35(42)37-2)30-39-47(44,45)29-22-28-41-27-21-24-32-23-18-19-25-34(32)41/h18-19,21,23-25,27,33,39H,3-17,20,22,26,28-31H2,1-2H3,(H2-,37,38,40,42,43)/p+1. The molecule has 1 unspecified atom stereocenters. The number of fused-ring (bicyclic) bond motifs is 1. The number of alkyl carbamates (subject to hydrolysis) is 1. The van der Waals surface area contributed by atoms with E-state index in [1.54, 1.807) is 0 Å². The summed E-state index contributed by atoms with van der Waals surface area (Å²) in [5, 5.41) is 8.93. The van der Waals surface area contributed by atoms with Gasteiger partial charge in [-0.2, -0.15) is 4.57 Å². The van der Waals surface area contributed by atoms with Gasteiger partial charge in [-0.05, 0) is 18.6 Å². The lowest BCUT2D eigenvalue weighted by Gasteiger charge is -2.19. The molecule has 0 aliphatic heterocycles. The van der Waals surface area contributed by atoms with Crippen LogP contribution in [0.3, 0.4) is 0 Å². The van der Waals surface area contributed by atoms with E-state index in [4.69, 9.17) is 4.74 Å². The molecule has 0 saturated heterocycles. The lowest BCUT2D eigenvalue weighted by atomic mass is 10.0. The van der Waals surface area contributed by atoms with E-state index in [0.717, 1.165) is 30.2 Å². The van der Waals surface area contributed by atoms with Crippen molar-refractivity contribution >= 4 is 33.1 Å². The first-order chi connectivity index (χ1) is 22.8. The van der Waals surface area contributed by atoms with Crippen molar-refractivity contribution < 1.29 is 27.3 Å². The molecule has 0 fully saturated rings. The first-order valence-electron chi connectivity index (χ1n) is 18.1. The van der Waals surface area contributed by atoms with Gasteiger partial charge in [0, 0.05) is 44.1 Å². The molecule has 2 aromatic rings. The van der Waals surface area contributed by atoms with Crippen molar-refractivity contribution in [3.05, 3.63) is 42.6 Å². The van der Waals surface area contributed by atoms with Crippen LogP contribution in [0.15, 0.2) is 42.6 Å². The predicted molar refractivity (Wildman–Crippen MR) is 191 cm³/mol. The molecule has 0 radical (unpaired) electrons. The number of urea groups is 1. The summed E-state index contributed by atoms with van der Waals surface area (Å²) in [6.45, 7) is 3.08. The van der Waals surface area contributed by atoms with Gasteiger partial charge < -0.3 is 20.7 Å². The Morgan fingerprint density at radius 1 is 0.787 bits per heavy atom. The number of carbonyl (C=O) groups excluding carboxylic acids is 2. The highest BCUT2D eigenvalue weighted by Gasteiger charge is 2.19. The van der Waals surface area contributed by atoms with E-state index in [-0.39, 0.29) is 18.9 Å². The summed E-state index contributed by atoms with van der Waals surface area (Å²) in [4.78, 5) is 24.1. The van der Waals surface area contributed by atoms with Crippen molar-refractivity contribution in [2.24, 2.45) is 0 Å². The number of para-hydroxylation sites is 1. The number of aromatic nitrogens is 1. The number of aryl methyl sites for hydroxylation is 1. The van der Waals surface area contributed by atoms with Gasteiger partial charge in [-0.1, -0.05) is 115 Å². The van der Waals surface area contributed by atoms with Crippen molar-refractivity contribution in [3.8, 4) is 0 Å². The highest BCUT2D eigenvalue weighted by atomic mass is 32.2. The smallest absolute Gasteiger partial charge is 0.407 e. The third-order valence-electron chi connectivity index (χ3n) is 8.43. The largest absolute Gasteiger partial charge is 0.447 e. The lowest BCUT2D eigenvalue weighted by Crippen LogP contribution is -2.50. The normalized spacial score (nSPS) is 12.1. The summed E-state index contributed by atoms with van der Waals surface area (Å²) in [6.07, 6.45) is 22.5. The second-order valence-corrected chi connectivity index (χ2v) is 14.5. The number of benzene rings is 1. The Kier molecular flexibility index (Phi) is 21.5. The Hall–Kier alpha value is -2.92. The zero-order valence-electron chi connectivity index (χ0n) is 29.1. The Bertz CT molecular complexity index is 1240. The van der Waals surface area contributed by atoms with Crippen molar-refractivity contribution in [2.75, 3.05) is 32.5 Å². The molecule has 11 heteroatoms. The zero-order chi connectivity index (χ0) is 34.0. The maximum Gasteiger partial charge on any atom is 0.407 e. The minimum atomic E-state index is -3.61. The van der Waals surface area contributed by atoms with Crippen LogP contribution in [0, 0.1) is 0 Å². The molecule has 0 bridgehead atoms. The Morgan fingerprint density at radius 2 is 1.36 bits per heavy atom. The molecular weight excluding hydrogens is 614 g/mol. The molecule has 4 N–H and O–H groups in total. The molecule has 0 aliphatic carbocycles. The summed E-state index contributed by atoms with van der Waals surface area (Å²) >= 11 is 0. The second-order valence-electron chi connectivity index (χ2n) is 12.5. The molecule has 0 spiro atoms. The highest BCUT2D eigenvalue weighted by Crippen LogP contribution is 2.14. The number of hydrogen-bond acceptors (Lipinski definition) is 5. The fourth-order valence-electron chi connectivity index (χ4n) is 5.64. The molecule has 0 aliphatic rings. The van der Waals surface area contributed by atoms with Gasteiger partial charge in [-0.3, -0.25) is 0 Å². The van der Waals surface area contributed by atoms with E-state index in [0.29, 0.717) is 19.5 Å². The molecular formula is C36H62N5O5S+. The molecule has 1 aromatic heterocycles. The van der Waals surface area contributed by atoms with Crippen LogP contribution in [0.25, 0.3) is 10.9 Å². The topological polar surface area (TPSA) is 130 Å². The Labute approximate surface area is 284 Å². The molecule has 1 atom stereocenters. The minimum absolute atomic E-state index is 0.0728. The fraction of sp³-hybridized carbons (Fsp3) is 0.694. The second kappa shape index (κ2) is 25.1. The third-order valence-corrected chi connectivity index (χ3v) is 9.86. The molecule has 10 nitrogen and oxygen atoms in total. The average molecular weight is 677 g/mol. The van der Waals surface area contributed by atoms with Crippen LogP contribution in [0.1, 0.15) is 116 Å². The number of amides is 3. The van der Waals surface area contributed by atoms with Crippen molar-refractivity contribution in [2.45, 2.75) is 129 Å². The Balaban J connectivity index is 1.54. The molecule has 266 valence electrons. The summed E-state index contributed by atoms with van der Waals surface area (Å²) < 4.78 is 35.3. The minimum Gasteiger partial charge on any atom is -0.447 e. The number of nitrogens with zero attached hydrogens (tertiary/aromatic N) is 1. The van der Waals surface area contributed by atoms with Crippen LogP contribution < -0.4 is 25.2 Å². The first kappa shape index (κ1) is 40.3. The number of unbranched alkanes of at least 4 members (excludes halogenated alkanes) is 15. The van der Waals surface area contributed by atoms with E-state index < -0.39 is 28.2 Å². The SMILES string of the molecule is CCCCCCCCCCCCCCCCCCNC(=O)OCC(CNS(=O)(=O)CCC[n+]1cccc2ccccc21)NC(=O)NC. The number of sulfonamides is 1. The summed E-state index contributed by atoms with van der Waals surface area (Å²) in [6, 6.07) is 10.7. The molecule has 1 heterocycles. The Morgan fingerprint density at radius 3 is 1.98 bits per heavy atom. The van der Waals surface area contributed by atoms with Gasteiger partial charge >= 0.3 is 12.1 Å². The van der Waals surface area contributed by atoms with Crippen LogP contribution in [0.2, 0.25) is 0 Å². The third kappa shape index (κ3) is 19.5. The van der Waals surface area contributed by atoms with Crippen molar-refractivity contribution in [1.29, 1.82) is 0 Å². The van der Waals surface area contributed by atoms with Gasteiger partial charge in [0.05, 0.1) is 11.8 Å². The van der Waals surface area contributed by atoms with Crippen LogP contribution in [0.5, 0.6) is 0 Å². The average Bonchev–Trinajstić information content (AvgIpc) is 3.07. The van der Waals surface area contributed by atoms with E-state index in [1.165, 1.54) is 90.5 Å². The van der Waals surface area contributed by atoms with Gasteiger partial charge in [-0.25, -0.2) is 22.7 Å². The van der Waals surface area contributed by atoms with Gasteiger partial charge in [0.1, 0.15) is 13.2 Å². The molecule has 1 aromatic carbocycles. The summed E-state index contributed by atoms with van der Waals surface area (Å²) in [5.74, 6) is -0.0728. The van der Waals surface area contributed by atoms with E-state index in [1.807, 2.05) is 47.2 Å². The van der Waals surface area contributed by atoms with Crippen molar-refractivity contribution in [1.82, 2.24) is 20.7 Å². The van der Waals surface area contributed by atoms with Gasteiger partial charge in [0.25, 0.3) is 0 Å². The number of carbonyl (C=O) groups is 2. The quantitative estimate of drug-likeness (QED) is 0.0617. The van der Waals surface area contributed by atoms with E-state index in [2.05, 4.69) is 27.6 Å².